The zero-order valence-corrected chi connectivity index (χ0v) is 16.2. The van der Waals surface area contributed by atoms with Crippen molar-refractivity contribution in [2.24, 2.45) is 5.14 Å². The van der Waals surface area contributed by atoms with Crippen LogP contribution in [0.5, 0.6) is 0 Å². The van der Waals surface area contributed by atoms with Gasteiger partial charge in [0.1, 0.15) is 0 Å². The number of rotatable bonds is 5. The van der Waals surface area contributed by atoms with Gasteiger partial charge in [0.05, 0.1) is 20.7 Å². The molecule has 3 aromatic rings. The van der Waals surface area contributed by atoms with E-state index in [9.17, 15) is 13.2 Å². The van der Waals surface area contributed by atoms with E-state index in [-0.39, 0.29) is 4.90 Å². The van der Waals surface area contributed by atoms with E-state index in [1.807, 2.05) is 12.1 Å². The molecule has 0 fully saturated rings. The molecule has 0 aliphatic carbocycles. The van der Waals surface area contributed by atoms with E-state index in [1.54, 1.807) is 28.9 Å². The maximum absolute atomic E-state index is 11.4. The van der Waals surface area contributed by atoms with Gasteiger partial charge < -0.3 is 5.32 Å². The van der Waals surface area contributed by atoms with Crippen LogP contribution in [0.4, 0.5) is 5.82 Å². The molecule has 0 spiro atoms. The summed E-state index contributed by atoms with van der Waals surface area (Å²) in [5, 5.41) is 12.6. The summed E-state index contributed by atoms with van der Waals surface area (Å²) in [6, 6.07) is 13.0. The monoisotopic (exact) mass is 454 g/mol. The molecule has 3 N–H and O–H groups in total. The van der Waals surface area contributed by atoms with E-state index in [4.69, 9.17) is 16.7 Å². The van der Waals surface area contributed by atoms with Crippen molar-refractivity contribution >= 4 is 49.8 Å². The smallest absolute Gasteiger partial charge is 0.238 e. The van der Waals surface area contributed by atoms with Gasteiger partial charge in [-0.3, -0.25) is 4.79 Å². The quantitative estimate of drug-likeness (QED) is 0.576. The minimum absolute atomic E-state index is 0.00763. The maximum Gasteiger partial charge on any atom is 0.238 e. The largest absolute Gasteiger partial charge is 0.311 e. The molecule has 0 atom stereocenters. The molecule has 0 saturated heterocycles. The molecule has 2 aromatic carbocycles. The van der Waals surface area contributed by atoms with E-state index in [0.29, 0.717) is 33.1 Å². The van der Waals surface area contributed by atoms with E-state index >= 15 is 0 Å². The van der Waals surface area contributed by atoms with Crippen LogP contribution in [0.1, 0.15) is 0 Å². The lowest BCUT2D eigenvalue weighted by molar-refractivity contribution is -0.105. The summed E-state index contributed by atoms with van der Waals surface area (Å²) in [7, 11) is -3.79. The van der Waals surface area contributed by atoms with Crippen molar-refractivity contribution in [3.05, 3.63) is 58.0 Å². The van der Waals surface area contributed by atoms with Crippen LogP contribution in [0.3, 0.4) is 0 Å². The number of nitrogens with one attached hydrogen (secondary N) is 1. The highest BCUT2D eigenvalue weighted by molar-refractivity contribution is 9.10. The van der Waals surface area contributed by atoms with Gasteiger partial charge in [-0.15, -0.1) is 5.10 Å². The van der Waals surface area contributed by atoms with Crippen molar-refractivity contribution in [1.29, 1.82) is 0 Å². The van der Waals surface area contributed by atoms with Crippen molar-refractivity contribution in [1.82, 2.24) is 9.78 Å². The molecule has 0 saturated carbocycles. The summed E-state index contributed by atoms with van der Waals surface area (Å²) in [5.74, 6) is 0.320. The van der Waals surface area contributed by atoms with Crippen molar-refractivity contribution < 1.29 is 13.2 Å². The third-order valence-corrected chi connectivity index (χ3v) is 5.48. The summed E-state index contributed by atoms with van der Waals surface area (Å²) in [6.07, 6.45) is 0.521. The fourth-order valence-corrected chi connectivity index (χ4v) is 3.60. The predicted molar refractivity (Wildman–Crippen MR) is 103 cm³/mol. The Kier molecular flexibility index (Phi) is 5.15. The first-order valence-corrected chi connectivity index (χ1v) is 9.91. The third-order valence-electron chi connectivity index (χ3n) is 3.55. The second-order valence-electron chi connectivity index (χ2n) is 5.23. The first kappa shape index (κ1) is 18.6. The Hall–Kier alpha value is -2.20. The van der Waals surface area contributed by atoms with Crippen LogP contribution in [0.25, 0.3) is 16.9 Å². The van der Waals surface area contributed by atoms with Crippen molar-refractivity contribution in [3.8, 4) is 16.9 Å². The zero-order chi connectivity index (χ0) is 18.9. The van der Waals surface area contributed by atoms with Crippen molar-refractivity contribution in [3.63, 3.8) is 0 Å². The SMILES string of the molecule is NS(=O)(=O)c1ccc(-n2nc(NC=O)c(Br)c2-c2ccc(Cl)cc2)cc1. The Morgan fingerprint density at radius 1 is 1.12 bits per heavy atom. The van der Waals surface area contributed by atoms with E-state index < -0.39 is 10.0 Å². The number of primary sulfonamides is 1. The predicted octanol–water partition coefficient (Wildman–Crippen LogP) is 3.17. The second-order valence-corrected chi connectivity index (χ2v) is 8.02. The number of aromatic nitrogens is 2. The van der Waals surface area contributed by atoms with Crippen molar-refractivity contribution in [2.45, 2.75) is 4.90 Å². The van der Waals surface area contributed by atoms with Gasteiger partial charge >= 0.3 is 0 Å². The van der Waals surface area contributed by atoms with Crippen molar-refractivity contribution in [2.75, 3.05) is 5.32 Å². The van der Waals surface area contributed by atoms with Crippen LogP contribution < -0.4 is 10.5 Å². The molecule has 1 aromatic heterocycles. The fourth-order valence-electron chi connectivity index (χ4n) is 2.37. The Balaban J connectivity index is 2.18. The summed E-state index contributed by atoms with van der Waals surface area (Å²) in [5.41, 5.74) is 2.04. The summed E-state index contributed by atoms with van der Waals surface area (Å²) in [4.78, 5) is 10.8. The number of halogens is 2. The Bertz CT molecular complexity index is 1060. The molecule has 1 heterocycles. The average molecular weight is 456 g/mol. The van der Waals surface area contributed by atoms with Crippen LogP contribution in [-0.4, -0.2) is 24.6 Å². The molecular weight excluding hydrogens is 444 g/mol. The fraction of sp³-hybridized carbons (Fsp3) is 0. The molecule has 0 unspecified atom stereocenters. The van der Waals surface area contributed by atoms with Gasteiger partial charge in [0.2, 0.25) is 16.4 Å². The summed E-state index contributed by atoms with van der Waals surface area (Å²) < 4.78 is 25.0. The maximum atomic E-state index is 11.4. The number of carbonyl (C=O) groups excluding carboxylic acids is 1. The highest BCUT2D eigenvalue weighted by Gasteiger charge is 2.19. The van der Waals surface area contributed by atoms with Crippen LogP contribution >= 0.6 is 27.5 Å². The number of carbonyl (C=O) groups is 1. The first-order valence-electron chi connectivity index (χ1n) is 7.19. The van der Waals surface area contributed by atoms with Gasteiger partial charge in [0, 0.05) is 10.6 Å². The molecule has 0 bridgehead atoms. The number of nitrogens with zero attached hydrogens (tertiary/aromatic N) is 2. The van der Waals surface area contributed by atoms with Gasteiger partial charge in [-0.05, 0) is 52.3 Å². The number of anilines is 1. The molecule has 7 nitrogen and oxygen atoms in total. The van der Waals surface area contributed by atoms with Gasteiger partial charge in [0.15, 0.2) is 5.82 Å². The number of hydrogen-bond acceptors (Lipinski definition) is 4. The van der Waals surface area contributed by atoms with E-state index in [1.165, 1.54) is 12.1 Å². The van der Waals surface area contributed by atoms with Crippen LogP contribution in [0, 0.1) is 0 Å². The molecule has 1 amide bonds. The normalized spacial score (nSPS) is 11.3. The minimum atomic E-state index is -3.79. The summed E-state index contributed by atoms with van der Waals surface area (Å²) >= 11 is 9.40. The Labute approximate surface area is 163 Å². The number of sulfonamides is 1. The standard InChI is InChI=1S/C16H12BrClN4O3S/c17-14-15(10-1-3-11(18)4-2-10)22(21-16(14)20-9-23)12-5-7-13(8-6-12)26(19,24)25/h1-9H,(H2,19,24,25)(H,20,21,23). The third kappa shape index (κ3) is 3.65. The van der Waals surface area contributed by atoms with Crippen LogP contribution in [0.15, 0.2) is 57.9 Å². The molecule has 10 heteroatoms. The first-order chi connectivity index (χ1) is 12.3. The average Bonchev–Trinajstić information content (AvgIpc) is 2.92. The number of benzene rings is 2. The van der Waals surface area contributed by atoms with Gasteiger partial charge in [-0.25, -0.2) is 18.2 Å². The highest BCUT2D eigenvalue weighted by atomic mass is 79.9. The van der Waals surface area contributed by atoms with E-state index in [2.05, 4.69) is 26.3 Å². The lowest BCUT2D eigenvalue weighted by atomic mass is 10.1. The highest BCUT2D eigenvalue weighted by Crippen LogP contribution is 2.36. The Morgan fingerprint density at radius 2 is 1.73 bits per heavy atom. The molecule has 26 heavy (non-hydrogen) atoms. The topological polar surface area (TPSA) is 107 Å². The Morgan fingerprint density at radius 3 is 2.27 bits per heavy atom. The lowest BCUT2D eigenvalue weighted by Crippen LogP contribution is -2.12. The minimum Gasteiger partial charge on any atom is -0.311 e. The summed E-state index contributed by atoms with van der Waals surface area (Å²) in [6.45, 7) is 0. The molecule has 0 aliphatic heterocycles. The van der Waals surface area contributed by atoms with E-state index in [0.717, 1.165) is 5.56 Å². The molecule has 0 radical (unpaired) electrons. The molecule has 0 aliphatic rings. The molecule has 134 valence electrons. The second kappa shape index (κ2) is 7.20. The van der Waals surface area contributed by atoms with Crippen LogP contribution in [-0.2, 0) is 14.8 Å². The zero-order valence-electron chi connectivity index (χ0n) is 13.1. The molecular formula is C16H12BrClN4O3S. The number of amides is 1. The van der Waals surface area contributed by atoms with Gasteiger partial charge in [0.25, 0.3) is 0 Å². The van der Waals surface area contributed by atoms with Gasteiger partial charge in [-0.1, -0.05) is 23.7 Å². The number of nitrogens with two attached hydrogens (primary N) is 1. The number of hydrogen-bond donors (Lipinski definition) is 2. The lowest BCUT2D eigenvalue weighted by Gasteiger charge is -2.09. The van der Waals surface area contributed by atoms with Gasteiger partial charge in [-0.2, -0.15) is 0 Å². The van der Waals surface area contributed by atoms with Crippen LogP contribution in [0.2, 0.25) is 5.02 Å². The molecule has 3 rings (SSSR count).